The van der Waals surface area contributed by atoms with Crippen LogP contribution in [0.25, 0.3) is 0 Å². The van der Waals surface area contributed by atoms with Crippen molar-refractivity contribution >= 4 is 51.5 Å². The van der Waals surface area contributed by atoms with E-state index >= 15 is 0 Å². The van der Waals surface area contributed by atoms with Crippen molar-refractivity contribution in [3.8, 4) is 0 Å². The maximum absolute atomic E-state index is 12.1. The number of carbonyl (C=O) groups is 1. The molecule has 1 N–H and O–H groups in total. The van der Waals surface area contributed by atoms with Crippen molar-refractivity contribution in [2.45, 2.75) is 0 Å². The third-order valence-corrected chi connectivity index (χ3v) is 3.54. The number of halogens is 2. The van der Waals surface area contributed by atoms with Gasteiger partial charge in [0.25, 0.3) is 11.6 Å². The number of carbonyl (C=O) groups excluding carboxylic acids is 1. The highest BCUT2D eigenvalue weighted by Gasteiger charge is 2.15. The van der Waals surface area contributed by atoms with E-state index in [9.17, 15) is 14.9 Å². The highest BCUT2D eigenvalue weighted by Crippen LogP contribution is 2.21. The Kier molecular flexibility index (Phi) is 4.50. The molecule has 0 bridgehead atoms. The molecule has 0 unspecified atom stereocenters. The number of benzene rings is 1. The smallest absolute Gasteiger partial charge is 0.270 e. The summed E-state index contributed by atoms with van der Waals surface area (Å²) in [5.41, 5.74) is 0.563. The van der Waals surface area contributed by atoms with Gasteiger partial charge in [-0.1, -0.05) is 11.6 Å². The Labute approximate surface area is 132 Å². The van der Waals surface area contributed by atoms with Crippen LogP contribution in [0.5, 0.6) is 0 Å². The molecule has 20 heavy (non-hydrogen) atoms. The predicted molar refractivity (Wildman–Crippen MR) is 83.0 cm³/mol. The van der Waals surface area contributed by atoms with Gasteiger partial charge in [-0.25, -0.2) is 4.98 Å². The molecule has 0 radical (unpaired) electrons. The van der Waals surface area contributed by atoms with Gasteiger partial charge in [0.1, 0.15) is 5.15 Å². The molecule has 0 saturated carbocycles. The molecular formula is C12H7ClIN3O3. The number of hydrogen-bond donors (Lipinski definition) is 1. The third kappa shape index (κ3) is 3.42. The van der Waals surface area contributed by atoms with Crippen LogP contribution in [-0.2, 0) is 0 Å². The summed E-state index contributed by atoms with van der Waals surface area (Å²) in [5, 5.41) is 13.6. The van der Waals surface area contributed by atoms with Gasteiger partial charge in [0, 0.05) is 27.6 Å². The lowest BCUT2D eigenvalue weighted by molar-refractivity contribution is -0.384. The Bertz CT molecular complexity index is 693. The average molecular weight is 404 g/mol. The fourth-order valence-corrected chi connectivity index (χ4v) is 2.23. The maximum atomic E-state index is 12.1. The van der Waals surface area contributed by atoms with Gasteiger partial charge in [0.2, 0.25) is 0 Å². The first-order valence-electron chi connectivity index (χ1n) is 5.34. The van der Waals surface area contributed by atoms with Gasteiger partial charge in [0.05, 0.1) is 10.5 Å². The second-order valence-electron chi connectivity index (χ2n) is 3.74. The van der Waals surface area contributed by atoms with E-state index in [1.807, 2.05) is 22.6 Å². The van der Waals surface area contributed by atoms with Crippen LogP contribution in [-0.4, -0.2) is 15.8 Å². The van der Waals surface area contributed by atoms with Crippen molar-refractivity contribution in [2.75, 3.05) is 5.32 Å². The number of nitrogens with one attached hydrogen (secondary N) is 1. The number of hydrogen-bond acceptors (Lipinski definition) is 4. The number of rotatable bonds is 3. The van der Waals surface area contributed by atoms with Crippen molar-refractivity contribution in [3.05, 3.63) is 60.9 Å². The number of aromatic nitrogens is 1. The zero-order valence-electron chi connectivity index (χ0n) is 9.84. The van der Waals surface area contributed by atoms with E-state index in [0.29, 0.717) is 9.26 Å². The summed E-state index contributed by atoms with van der Waals surface area (Å²) in [5.74, 6) is -0.444. The van der Waals surface area contributed by atoms with Crippen LogP contribution in [0.1, 0.15) is 10.4 Å². The average Bonchev–Trinajstić information content (AvgIpc) is 2.38. The molecule has 1 amide bonds. The lowest BCUT2D eigenvalue weighted by Gasteiger charge is -2.07. The molecule has 102 valence electrons. The third-order valence-electron chi connectivity index (χ3n) is 2.39. The molecule has 2 aromatic rings. The highest BCUT2D eigenvalue weighted by molar-refractivity contribution is 14.1. The number of nitrogens with zero attached hydrogens (tertiary/aromatic N) is 2. The van der Waals surface area contributed by atoms with Gasteiger partial charge < -0.3 is 5.32 Å². The quantitative estimate of drug-likeness (QED) is 0.368. The van der Waals surface area contributed by atoms with Crippen LogP contribution in [0.15, 0.2) is 36.5 Å². The Morgan fingerprint density at radius 1 is 1.35 bits per heavy atom. The molecule has 0 aliphatic rings. The zero-order chi connectivity index (χ0) is 14.7. The minimum Gasteiger partial charge on any atom is -0.322 e. The first-order chi connectivity index (χ1) is 9.47. The summed E-state index contributed by atoms with van der Waals surface area (Å²) >= 11 is 7.66. The Morgan fingerprint density at radius 3 is 2.75 bits per heavy atom. The summed E-state index contributed by atoms with van der Waals surface area (Å²) in [6.07, 6.45) is 1.45. The minimum absolute atomic E-state index is 0.136. The fraction of sp³-hybridized carbons (Fsp3) is 0. The molecule has 0 fully saturated rings. The monoisotopic (exact) mass is 403 g/mol. The molecule has 0 spiro atoms. The van der Waals surface area contributed by atoms with Gasteiger partial charge in [-0.05, 0) is 40.8 Å². The lowest BCUT2D eigenvalue weighted by atomic mass is 10.2. The van der Waals surface area contributed by atoms with Crippen molar-refractivity contribution in [1.82, 2.24) is 4.98 Å². The molecule has 1 aromatic heterocycles. The SMILES string of the molecule is O=C(Nc1ccnc(Cl)c1)c1cc([N+](=O)[O-])ccc1I. The maximum Gasteiger partial charge on any atom is 0.270 e. The molecular weight excluding hydrogens is 397 g/mol. The van der Waals surface area contributed by atoms with E-state index in [4.69, 9.17) is 11.6 Å². The molecule has 0 atom stereocenters. The van der Waals surface area contributed by atoms with Crippen LogP contribution in [0.2, 0.25) is 5.15 Å². The Balaban J connectivity index is 2.29. The summed E-state index contributed by atoms with van der Waals surface area (Å²) in [4.78, 5) is 26.1. The number of anilines is 1. The topological polar surface area (TPSA) is 85.1 Å². The van der Waals surface area contributed by atoms with Gasteiger partial charge >= 0.3 is 0 Å². The van der Waals surface area contributed by atoms with Gasteiger partial charge in [-0.3, -0.25) is 14.9 Å². The number of nitro benzene ring substituents is 1. The second kappa shape index (κ2) is 6.14. The van der Waals surface area contributed by atoms with Gasteiger partial charge in [-0.15, -0.1) is 0 Å². The summed E-state index contributed by atoms with van der Waals surface area (Å²) in [6, 6.07) is 7.17. The fourth-order valence-electron chi connectivity index (χ4n) is 1.48. The van der Waals surface area contributed by atoms with Crippen LogP contribution in [0.3, 0.4) is 0 Å². The van der Waals surface area contributed by atoms with Crippen LogP contribution < -0.4 is 5.32 Å². The molecule has 0 aliphatic carbocycles. The number of amides is 1. The van der Waals surface area contributed by atoms with Crippen molar-refractivity contribution in [1.29, 1.82) is 0 Å². The summed E-state index contributed by atoms with van der Waals surface area (Å²) < 4.78 is 0.617. The number of nitro groups is 1. The van der Waals surface area contributed by atoms with Crippen LogP contribution >= 0.6 is 34.2 Å². The van der Waals surface area contributed by atoms with Crippen molar-refractivity contribution < 1.29 is 9.72 Å². The zero-order valence-corrected chi connectivity index (χ0v) is 12.8. The van der Waals surface area contributed by atoms with E-state index in [-0.39, 0.29) is 16.4 Å². The number of non-ortho nitro benzene ring substituents is 1. The molecule has 0 saturated heterocycles. The highest BCUT2D eigenvalue weighted by atomic mass is 127. The van der Waals surface area contributed by atoms with E-state index < -0.39 is 10.8 Å². The number of pyridine rings is 1. The largest absolute Gasteiger partial charge is 0.322 e. The minimum atomic E-state index is -0.545. The summed E-state index contributed by atoms with van der Waals surface area (Å²) in [7, 11) is 0. The first-order valence-corrected chi connectivity index (χ1v) is 6.80. The van der Waals surface area contributed by atoms with Crippen LogP contribution in [0, 0.1) is 13.7 Å². The van der Waals surface area contributed by atoms with E-state index in [1.54, 1.807) is 6.07 Å². The molecule has 2 rings (SSSR count). The lowest BCUT2D eigenvalue weighted by Crippen LogP contribution is -2.13. The normalized spacial score (nSPS) is 10.1. The first kappa shape index (κ1) is 14.7. The van der Waals surface area contributed by atoms with Crippen molar-refractivity contribution in [2.24, 2.45) is 0 Å². The van der Waals surface area contributed by atoms with Gasteiger partial charge in [0.15, 0.2) is 0 Å². The Hall–Kier alpha value is -1.74. The molecule has 1 heterocycles. The van der Waals surface area contributed by atoms with E-state index in [1.165, 1.54) is 30.5 Å². The van der Waals surface area contributed by atoms with Crippen molar-refractivity contribution in [3.63, 3.8) is 0 Å². The molecule has 8 heteroatoms. The Morgan fingerprint density at radius 2 is 2.10 bits per heavy atom. The standard InChI is InChI=1S/C12H7ClIN3O3/c13-11-5-7(3-4-15-11)16-12(18)9-6-8(17(19)20)1-2-10(9)14/h1-6H,(H,15,16,18). The predicted octanol–water partition coefficient (Wildman–Crippen LogP) is 3.50. The summed E-state index contributed by atoms with van der Waals surface area (Å²) in [6.45, 7) is 0. The van der Waals surface area contributed by atoms with E-state index in [2.05, 4.69) is 10.3 Å². The molecule has 6 nitrogen and oxygen atoms in total. The molecule has 0 aliphatic heterocycles. The van der Waals surface area contributed by atoms with E-state index in [0.717, 1.165) is 0 Å². The van der Waals surface area contributed by atoms with Gasteiger partial charge in [-0.2, -0.15) is 0 Å². The van der Waals surface area contributed by atoms with Crippen LogP contribution in [0.4, 0.5) is 11.4 Å². The second-order valence-corrected chi connectivity index (χ2v) is 5.29. The molecule has 1 aromatic carbocycles.